The lowest BCUT2D eigenvalue weighted by Crippen LogP contribution is -1.99. The second-order valence-electron chi connectivity index (χ2n) is 4.90. The molecule has 0 atom stereocenters. The molecule has 2 aromatic carbocycles. The molecule has 0 amide bonds. The largest absolute Gasteiger partial charge is 0.508 e. The Kier molecular flexibility index (Phi) is 3.48. The number of phenolic OH excluding ortho intramolecular Hbond substituents is 1. The first-order valence-corrected chi connectivity index (χ1v) is 7.02. The first kappa shape index (κ1) is 13.4. The molecule has 0 spiro atoms. The molecule has 1 N–H and O–H groups in total. The molecular formula is C18H17NO2. The van der Waals surface area contributed by atoms with E-state index in [1.54, 1.807) is 12.1 Å². The molecule has 3 rings (SSSR count). The molecule has 0 unspecified atom stereocenters. The number of pyridine rings is 1. The summed E-state index contributed by atoms with van der Waals surface area (Å²) < 4.78 is 5.91. The summed E-state index contributed by atoms with van der Waals surface area (Å²) in [6.07, 6.45) is 0. The molecule has 0 radical (unpaired) electrons. The van der Waals surface area contributed by atoms with Gasteiger partial charge < -0.3 is 9.84 Å². The third-order valence-corrected chi connectivity index (χ3v) is 3.47. The van der Waals surface area contributed by atoms with Gasteiger partial charge in [0.1, 0.15) is 11.5 Å². The molecule has 0 bridgehead atoms. The first-order chi connectivity index (χ1) is 10.2. The number of rotatable bonds is 3. The molecule has 0 aliphatic heterocycles. The molecule has 0 fully saturated rings. The van der Waals surface area contributed by atoms with E-state index in [0.717, 1.165) is 33.5 Å². The average molecular weight is 279 g/mol. The Bertz CT molecular complexity index is 779. The number of phenols is 1. The van der Waals surface area contributed by atoms with Crippen molar-refractivity contribution in [2.45, 2.75) is 13.8 Å². The zero-order chi connectivity index (χ0) is 14.8. The summed E-state index contributed by atoms with van der Waals surface area (Å²) >= 11 is 0. The molecule has 0 saturated heterocycles. The van der Waals surface area contributed by atoms with Crippen molar-refractivity contribution in [1.82, 2.24) is 4.98 Å². The van der Waals surface area contributed by atoms with E-state index in [0.29, 0.717) is 6.61 Å². The Hall–Kier alpha value is -2.55. The van der Waals surface area contributed by atoms with Crippen molar-refractivity contribution in [3.63, 3.8) is 0 Å². The monoisotopic (exact) mass is 279 g/mol. The highest BCUT2D eigenvalue weighted by Crippen LogP contribution is 2.38. The van der Waals surface area contributed by atoms with Crippen LogP contribution in [0.25, 0.3) is 22.0 Å². The van der Waals surface area contributed by atoms with Crippen LogP contribution < -0.4 is 4.74 Å². The van der Waals surface area contributed by atoms with Crippen LogP contribution in [0.15, 0.2) is 48.5 Å². The van der Waals surface area contributed by atoms with E-state index in [-0.39, 0.29) is 5.75 Å². The normalized spacial score (nSPS) is 10.8. The summed E-state index contributed by atoms with van der Waals surface area (Å²) in [6.45, 7) is 4.56. The summed E-state index contributed by atoms with van der Waals surface area (Å²) in [6, 6.07) is 15.1. The average Bonchev–Trinajstić information content (AvgIpc) is 2.49. The molecule has 0 aliphatic carbocycles. The lowest BCUT2D eigenvalue weighted by atomic mass is 10.00. The Balaban J connectivity index is 2.32. The number of para-hydroxylation sites is 1. The van der Waals surface area contributed by atoms with Gasteiger partial charge in [-0.15, -0.1) is 0 Å². The molecule has 3 aromatic rings. The Labute approximate surface area is 123 Å². The van der Waals surface area contributed by atoms with Crippen LogP contribution in [0, 0.1) is 6.92 Å². The number of aryl methyl sites for hydroxylation is 1. The molecule has 0 aliphatic rings. The molecule has 3 nitrogen and oxygen atoms in total. The number of hydrogen-bond donors (Lipinski definition) is 1. The van der Waals surface area contributed by atoms with Gasteiger partial charge >= 0.3 is 0 Å². The maximum atomic E-state index is 9.47. The number of ether oxygens (including phenoxy) is 1. The first-order valence-electron chi connectivity index (χ1n) is 7.02. The third-order valence-electron chi connectivity index (χ3n) is 3.47. The second-order valence-corrected chi connectivity index (χ2v) is 4.90. The molecular weight excluding hydrogens is 262 g/mol. The van der Waals surface area contributed by atoms with E-state index in [2.05, 4.69) is 4.98 Å². The van der Waals surface area contributed by atoms with Gasteiger partial charge in [0.05, 0.1) is 12.1 Å². The van der Waals surface area contributed by atoms with Crippen molar-refractivity contribution in [3.8, 4) is 22.6 Å². The van der Waals surface area contributed by atoms with Crippen LogP contribution in [0.2, 0.25) is 0 Å². The minimum Gasteiger partial charge on any atom is -0.508 e. The van der Waals surface area contributed by atoms with Crippen LogP contribution in [-0.4, -0.2) is 16.7 Å². The fourth-order valence-corrected chi connectivity index (χ4v) is 2.56. The fourth-order valence-electron chi connectivity index (χ4n) is 2.56. The maximum Gasteiger partial charge on any atom is 0.138 e. The highest BCUT2D eigenvalue weighted by atomic mass is 16.5. The predicted molar refractivity (Wildman–Crippen MR) is 84.7 cm³/mol. The van der Waals surface area contributed by atoms with Gasteiger partial charge in [-0.3, -0.25) is 4.98 Å². The highest BCUT2D eigenvalue weighted by Gasteiger charge is 2.15. The van der Waals surface area contributed by atoms with Crippen molar-refractivity contribution in [2.75, 3.05) is 6.61 Å². The van der Waals surface area contributed by atoms with E-state index >= 15 is 0 Å². The van der Waals surface area contributed by atoms with Crippen LogP contribution in [0.4, 0.5) is 0 Å². The minimum atomic E-state index is 0.253. The highest BCUT2D eigenvalue weighted by molar-refractivity contribution is 5.93. The maximum absolute atomic E-state index is 9.47. The third kappa shape index (κ3) is 2.42. The number of nitrogens with zero attached hydrogens (tertiary/aromatic N) is 1. The zero-order valence-electron chi connectivity index (χ0n) is 12.1. The minimum absolute atomic E-state index is 0.253. The van der Waals surface area contributed by atoms with Crippen molar-refractivity contribution in [1.29, 1.82) is 0 Å². The Morgan fingerprint density at radius 2 is 1.76 bits per heavy atom. The van der Waals surface area contributed by atoms with Crippen molar-refractivity contribution in [3.05, 3.63) is 54.2 Å². The molecule has 3 heteroatoms. The van der Waals surface area contributed by atoms with Gasteiger partial charge in [0.25, 0.3) is 0 Å². The van der Waals surface area contributed by atoms with Gasteiger partial charge in [-0.1, -0.05) is 24.3 Å². The predicted octanol–water partition coefficient (Wildman–Crippen LogP) is 4.31. The zero-order valence-corrected chi connectivity index (χ0v) is 12.1. The van der Waals surface area contributed by atoms with Crippen LogP contribution >= 0.6 is 0 Å². The summed E-state index contributed by atoms with van der Waals surface area (Å²) in [5, 5.41) is 10.5. The molecule has 106 valence electrons. The van der Waals surface area contributed by atoms with Gasteiger partial charge in [0.15, 0.2) is 0 Å². The summed E-state index contributed by atoms with van der Waals surface area (Å²) in [7, 11) is 0. The summed E-state index contributed by atoms with van der Waals surface area (Å²) in [5.74, 6) is 1.11. The molecule has 0 saturated carbocycles. The number of benzene rings is 2. The van der Waals surface area contributed by atoms with Crippen molar-refractivity contribution < 1.29 is 9.84 Å². The summed E-state index contributed by atoms with van der Waals surface area (Å²) in [4.78, 5) is 4.67. The van der Waals surface area contributed by atoms with E-state index in [9.17, 15) is 5.11 Å². The van der Waals surface area contributed by atoms with Crippen LogP contribution in [-0.2, 0) is 0 Å². The van der Waals surface area contributed by atoms with Crippen LogP contribution in [0.1, 0.15) is 12.6 Å². The van der Waals surface area contributed by atoms with Crippen LogP contribution in [0.5, 0.6) is 11.5 Å². The quantitative estimate of drug-likeness (QED) is 0.776. The van der Waals surface area contributed by atoms with Crippen molar-refractivity contribution in [2.24, 2.45) is 0 Å². The number of fused-ring (bicyclic) bond motifs is 1. The number of aromatic nitrogens is 1. The summed E-state index contributed by atoms with van der Waals surface area (Å²) in [5.41, 5.74) is 3.83. The second kappa shape index (κ2) is 5.44. The standard InChI is InChI=1S/C18H17NO2/c1-3-21-18-15-6-4-5-7-16(15)19-12(2)17(18)13-8-10-14(20)11-9-13/h4-11,20H,3H2,1-2H3. The topological polar surface area (TPSA) is 42.4 Å². The van der Waals surface area contributed by atoms with E-state index in [1.165, 1.54) is 0 Å². The van der Waals surface area contributed by atoms with Gasteiger partial charge in [-0.05, 0) is 43.7 Å². The fraction of sp³-hybridized carbons (Fsp3) is 0.167. The SMILES string of the molecule is CCOc1c(-c2ccc(O)cc2)c(C)nc2ccccc12. The molecule has 1 heterocycles. The van der Waals surface area contributed by atoms with Gasteiger partial charge in [-0.2, -0.15) is 0 Å². The number of aromatic hydroxyl groups is 1. The van der Waals surface area contributed by atoms with E-state index in [1.807, 2.05) is 50.2 Å². The lowest BCUT2D eigenvalue weighted by molar-refractivity contribution is 0.345. The molecule has 1 aromatic heterocycles. The number of hydrogen-bond acceptors (Lipinski definition) is 3. The smallest absolute Gasteiger partial charge is 0.138 e. The van der Waals surface area contributed by atoms with Gasteiger partial charge in [0.2, 0.25) is 0 Å². The van der Waals surface area contributed by atoms with E-state index < -0.39 is 0 Å². The van der Waals surface area contributed by atoms with E-state index in [4.69, 9.17) is 4.74 Å². The van der Waals surface area contributed by atoms with Gasteiger partial charge in [-0.25, -0.2) is 0 Å². The van der Waals surface area contributed by atoms with Crippen LogP contribution in [0.3, 0.4) is 0 Å². The lowest BCUT2D eigenvalue weighted by Gasteiger charge is -2.15. The van der Waals surface area contributed by atoms with Crippen molar-refractivity contribution >= 4 is 10.9 Å². The Morgan fingerprint density at radius 1 is 1.05 bits per heavy atom. The molecule has 21 heavy (non-hydrogen) atoms. The Morgan fingerprint density at radius 3 is 2.48 bits per heavy atom. The van der Waals surface area contributed by atoms with Gasteiger partial charge in [0, 0.05) is 16.6 Å².